The molecule has 3 aliphatic heterocycles. The second-order valence-electron chi connectivity index (χ2n) is 12.1. The smallest absolute Gasteiger partial charge is 0.264 e. The Labute approximate surface area is 251 Å². The number of rotatable bonds is 9. The highest BCUT2D eigenvalue weighted by Gasteiger charge is 2.66. The van der Waals surface area contributed by atoms with Crippen LogP contribution in [0.15, 0.2) is 48.7 Å². The van der Waals surface area contributed by atoms with Crippen LogP contribution in [-0.4, -0.2) is 64.3 Å². The molecule has 1 spiro atoms. The van der Waals surface area contributed by atoms with Crippen molar-refractivity contribution in [2.75, 3.05) is 23.0 Å². The van der Waals surface area contributed by atoms with Gasteiger partial charge in [-0.1, -0.05) is 35.9 Å². The van der Waals surface area contributed by atoms with E-state index in [1.807, 2.05) is 62.6 Å². The molecule has 0 aliphatic carbocycles. The van der Waals surface area contributed by atoms with Crippen LogP contribution in [0.1, 0.15) is 36.6 Å². The Morgan fingerprint density at radius 2 is 1.93 bits per heavy atom. The zero-order valence-corrected chi connectivity index (χ0v) is 25.8. The number of amides is 2. The molecule has 4 atom stereocenters. The zero-order valence-electron chi connectivity index (χ0n) is 24.0. The van der Waals surface area contributed by atoms with Crippen molar-refractivity contribution in [3.05, 3.63) is 70.5 Å². The SMILES string of the molecule is C[C@H]1[C@H]([Si](C)(C)O)[C@@H](CCn2cc(CCO)nn2)O[C@]12C(=O)N(Cc1ccc(N3CCC3=O)cc1)c1ccc(Cl)cc12. The standard InChI is InChI=1S/C30H36ClN5O5Si/c1-19-28(42(2,3)40)26(10-13-34-18-22(12-15-37)32-33-34)41-30(19)24-16-21(31)6-9-25(24)36(29(30)39)17-20-4-7-23(8-5-20)35-14-11-27(35)38/h4-9,16,18-19,26,28,37,40H,10-15,17H2,1-3H3/t19-,26+,28-,30+/m0/s1. The lowest BCUT2D eigenvalue weighted by atomic mass is 9.82. The van der Waals surface area contributed by atoms with Gasteiger partial charge in [-0.3, -0.25) is 14.3 Å². The molecule has 2 N–H and O–H groups in total. The van der Waals surface area contributed by atoms with Crippen molar-refractivity contribution in [1.82, 2.24) is 15.0 Å². The van der Waals surface area contributed by atoms with Gasteiger partial charge in [0.1, 0.15) is 0 Å². The lowest BCUT2D eigenvalue weighted by Gasteiger charge is -2.32. The first-order valence-electron chi connectivity index (χ1n) is 14.4. The summed E-state index contributed by atoms with van der Waals surface area (Å²) in [5.41, 5.74) is 2.47. The number of carbonyl (C=O) groups excluding carboxylic acids is 2. The Morgan fingerprint density at radius 1 is 1.17 bits per heavy atom. The maximum absolute atomic E-state index is 14.5. The van der Waals surface area contributed by atoms with Crippen molar-refractivity contribution < 1.29 is 24.2 Å². The second-order valence-corrected chi connectivity index (χ2v) is 16.5. The number of aryl methyl sites for hydroxylation is 1. The molecule has 2 fully saturated rings. The Bertz CT molecular complexity index is 1510. The van der Waals surface area contributed by atoms with E-state index in [1.165, 1.54) is 0 Å². The van der Waals surface area contributed by atoms with Gasteiger partial charge in [-0.15, -0.1) is 5.10 Å². The maximum Gasteiger partial charge on any atom is 0.264 e. The Hall–Kier alpha value is -3.09. The van der Waals surface area contributed by atoms with Crippen LogP contribution < -0.4 is 9.80 Å². The summed E-state index contributed by atoms with van der Waals surface area (Å²) >= 11 is 6.50. The number of hydrogen-bond donors (Lipinski definition) is 2. The molecular formula is C30H36ClN5O5Si. The van der Waals surface area contributed by atoms with Gasteiger partial charge >= 0.3 is 0 Å². The topological polar surface area (TPSA) is 121 Å². The molecule has 222 valence electrons. The highest BCUT2D eigenvalue weighted by atomic mass is 35.5. The summed E-state index contributed by atoms with van der Waals surface area (Å²) in [6.07, 6.45) is 2.96. The van der Waals surface area contributed by atoms with E-state index >= 15 is 0 Å². The molecule has 0 unspecified atom stereocenters. The van der Waals surface area contributed by atoms with Gasteiger partial charge in [0.2, 0.25) is 5.91 Å². The summed E-state index contributed by atoms with van der Waals surface area (Å²) in [5.74, 6) is -0.345. The third-order valence-electron chi connectivity index (χ3n) is 8.98. The molecule has 0 radical (unpaired) electrons. The number of fused-ring (bicyclic) bond motifs is 2. The highest BCUT2D eigenvalue weighted by molar-refractivity contribution is 6.71. The molecule has 4 heterocycles. The van der Waals surface area contributed by atoms with Crippen molar-refractivity contribution in [2.45, 2.75) is 69.6 Å². The van der Waals surface area contributed by atoms with E-state index in [0.29, 0.717) is 43.1 Å². The third kappa shape index (κ3) is 4.86. The van der Waals surface area contributed by atoms with Crippen molar-refractivity contribution in [2.24, 2.45) is 5.92 Å². The number of carbonyl (C=O) groups is 2. The fourth-order valence-corrected chi connectivity index (χ4v) is 9.74. The van der Waals surface area contributed by atoms with E-state index in [1.54, 1.807) is 20.5 Å². The van der Waals surface area contributed by atoms with Gasteiger partial charge in [-0.2, -0.15) is 0 Å². The first kappa shape index (κ1) is 29.0. The molecule has 0 bridgehead atoms. The molecule has 0 saturated carbocycles. The van der Waals surface area contributed by atoms with Crippen LogP contribution in [0.3, 0.4) is 0 Å². The van der Waals surface area contributed by atoms with Crippen molar-refractivity contribution in [1.29, 1.82) is 0 Å². The monoisotopic (exact) mass is 609 g/mol. The fourth-order valence-electron chi connectivity index (χ4n) is 6.96. The summed E-state index contributed by atoms with van der Waals surface area (Å²) in [6.45, 7) is 7.37. The molecule has 6 rings (SSSR count). The molecule has 2 saturated heterocycles. The minimum absolute atomic E-state index is 0.000314. The predicted octanol–water partition coefficient (Wildman–Crippen LogP) is 3.64. The molecule has 42 heavy (non-hydrogen) atoms. The molecule has 3 aliphatic rings. The summed E-state index contributed by atoms with van der Waals surface area (Å²) in [6, 6.07) is 13.2. The van der Waals surface area contributed by atoms with Crippen molar-refractivity contribution >= 4 is 43.1 Å². The van der Waals surface area contributed by atoms with E-state index in [4.69, 9.17) is 16.3 Å². The largest absolute Gasteiger partial charge is 0.432 e. The molecule has 1 aromatic heterocycles. The average Bonchev–Trinajstić information content (AvgIpc) is 3.58. The summed E-state index contributed by atoms with van der Waals surface area (Å²) < 4.78 is 8.58. The van der Waals surface area contributed by atoms with E-state index in [0.717, 1.165) is 29.0 Å². The average molecular weight is 610 g/mol. The first-order valence-corrected chi connectivity index (χ1v) is 17.8. The van der Waals surface area contributed by atoms with Gasteiger partial charge in [0, 0.05) is 66.5 Å². The Kier molecular flexibility index (Phi) is 7.51. The lowest BCUT2D eigenvalue weighted by molar-refractivity contribution is -0.146. The normalized spacial score (nSPS) is 25.4. The molecule has 2 amide bonds. The van der Waals surface area contributed by atoms with E-state index < -0.39 is 13.9 Å². The fraction of sp³-hybridized carbons (Fsp3) is 0.467. The van der Waals surface area contributed by atoms with Crippen molar-refractivity contribution in [3.63, 3.8) is 0 Å². The number of aliphatic hydroxyl groups excluding tert-OH is 1. The highest BCUT2D eigenvalue weighted by Crippen LogP contribution is 2.60. The van der Waals surface area contributed by atoms with Gasteiger partial charge in [0.05, 0.1) is 24.0 Å². The minimum Gasteiger partial charge on any atom is -0.432 e. The molecule has 12 heteroatoms. The van der Waals surface area contributed by atoms with Crippen LogP contribution in [0.4, 0.5) is 11.4 Å². The molecule has 10 nitrogen and oxygen atoms in total. The van der Waals surface area contributed by atoms with Crippen LogP contribution in [0.2, 0.25) is 23.7 Å². The van der Waals surface area contributed by atoms with Gasteiger partial charge in [0.25, 0.3) is 5.91 Å². The number of ether oxygens (including phenoxy) is 1. The van der Waals surface area contributed by atoms with Crippen LogP contribution in [0.5, 0.6) is 0 Å². The summed E-state index contributed by atoms with van der Waals surface area (Å²) in [5, 5.41) is 18.0. The number of aliphatic hydroxyl groups is 1. The molecule has 2 aromatic carbocycles. The Balaban J connectivity index is 1.31. The van der Waals surface area contributed by atoms with E-state index in [9.17, 15) is 19.5 Å². The third-order valence-corrected chi connectivity index (χ3v) is 11.7. The zero-order chi connectivity index (χ0) is 29.8. The number of nitrogens with zero attached hydrogens (tertiary/aromatic N) is 5. The van der Waals surface area contributed by atoms with Gasteiger partial charge in [-0.25, -0.2) is 0 Å². The van der Waals surface area contributed by atoms with Crippen molar-refractivity contribution in [3.8, 4) is 0 Å². The summed E-state index contributed by atoms with van der Waals surface area (Å²) in [4.78, 5) is 41.4. The van der Waals surface area contributed by atoms with Crippen LogP contribution in [0.25, 0.3) is 0 Å². The second kappa shape index (κ2) is 10.9. The number of benzene rings is 2. The van der Waals surface area contributed by atoms with E-state index in [-0.39, 0.29) is 36.0 Å². The van der Waals surface area contributed by atoms with Crippen LogP contribution in [-0.2, 0) is 39.4 Å². The summed E-state index contributed by atoms with van der Waals surface area (Å²) in [7, 11) is -2.81. The minimum atomic E-state index is -2.81. The lowest BCUT2D eigenvalue weighted by Crippen LogP contribution is -2.46. The van der Waals surface area contributed by atoms with Crippen LogP contribution >= 0.6 is 11.6 Å². The number of anilines is 2. The quantitative estimate of drug-likeness (QED) is 0.281. The molecular weight excluding hydrogens is 574 g/mol. The van der Waals surface area contributed by atoms with Gasteiger partial charge in [-0.05, 0) is 55.4 Å². The predicted molar refractivity (Wildman–Crippen MR) is 161 cm³/mol. The number of halogens is 1. The van der Waals surface area contributed by atoms with Crippen LogP contribution in [0, 0.1) is 5.92 Å². The number of hydrogen-bond acceptors (Lipinski definition) is 7. The van der Waals surface area contributed by atoms with Gasteiger partial charge in [0.15, 0.2) is 13.9 Å². The Morgan fingerprint density at radius 3 is 2.57 bits per heavy atom. The molecule has 3 aromatic rings. The number of β-lactam (4-membered cyclic amide) rings is 1. The number of aromatic nitrogens is 3. The van der Waals surface area contributed by atoms with Gasteiger partial charge < -0.3 is 24.4 Å². The van der Waals surface area contributed by atoms with E-state index in [2.05, 4.69) is 10.3 Å². The maximum atomic E-state index is 14.5. The first-order chi connectivity index (χ1) is 20.0.